The van der Waals surface area contributed by atoms with E-state index in [0.29, 0.717) is 18.2 Å². The lowest BCUT2D eigenvalue weighted by Crippen LogP contribution is -2.37. The first-order valence-corrected chi connectivity index (χ1v) is 5.28. The van der Waals surface area contributed by atoms with Crippen LogP contribution in [-0.2, 0) is 4.74 Å². The van der Waals surface area contributed by atoms with E-state index in [1.54, 1.807) is 0 Å². The van der Waals surface area contributed by atoms with Gasteiger partial charge >= 0.3 is 0 Å². The monoisotopic (exact) mass is 182 g/mol. The van der Waals surface area contributed by atoms with E-state index in [0.717, 1.165) is 38.0 Å². The van der Waals surface area contributed by atoms with E-state index in [2.05, 4.69) is 11.9 Å². The second-order valence-corrected chi connectivity index (χ2v) is 4.07. The number of hydrogen-bond donors (Lipinski definition) is 1. The second-order valence-electron chi connectivity index (χ2n) is 4.07. The molecule has 0 amide bonds. The molecular weight excluding hydrogens is 164 g/mol. The normalized spacial score (nSPS) is 38.0. The van der Waals surface area contributed by atoms with Crippen molar-refractivity contribution in [3.63, 3.8) is 0 Å². The van der Waals surface area contributed by atoms with E-state index in [1.165, 1.54) is 0 Å². The quantitative estimate of drug-likeness (QED) is 0.703. The number of nitrogens with two attached hydrogens (primary N) is 1. The molecule has 0 bridgehead atoms. The summed E-state index contributed by atoms with van der Waals surface area (Å²) in [5.74, 6) is 0.964. The molecule has 1 fully saturated rings. The van der Waals surface area contributed by atoms with Gasteiger partial charge in [0, 0.05) is 12.5 Å². The summed E-state index contributed by atoms with van der Waals surface area (Å²) < 4.78 is 5.75. The van der Waals surface area contributed by atoms with Gasteiger partial charge < -0.3 is 10.5 Å². The molecule has 74 valence electrons. The first kappa shape index (κ1) is 9.00. The molecule has 0 spiro atoms. The van der Waals surface area contributed by atoms with E-state index in [1.807, 2.05) is 0 Å². The number of aliphatic imine (C=N–C) groups is 1. The van der Waals surface area contributed by atoms with Gasteiger partial charge in [0.05, 0.1) is 6.04 Å². The third kappa shape index (κ3) is 1.85. The van der Waals surface area contributed by atoms with Gasteiger partial charge in [0.15, 0.2) is 5.90 Å². The molecule has 1 aliphatic heterocycles. The summed E-state index contributed by atoms with van der Waals surface area (Å²) in [5.41, 5.74) is 5.89. The van der Waals surface area contributed by atoms with Gasteiger partial charge in [-0.25, -0.2) is 4.99 Å². The molecule has 3 unspecified atom stereocenters. The van der Waals surface area contributed by atoms with Crippen LogP contribution >= 0.6 is 0 Å². The maximum atomic E-state index is 5.89. The fourth-order valence-corrected chi connectivity index (χ4v) is 2.15. The summed E-state index contributed by atoms with van der Waals surface area (Å²) in [6.07, 6.45) is 5.64. The van der Waals surface area contributed by atoms with Crippen molar-refractivity contribution in [2.24, 2.45) is 10.7 Å². The Hall–Kier alpha value is -0.570. The highest BCUT2D eigenvalue weighted by Gasteiger charge is 2.35. The third-order valence-corrected chi connectivity index (χ3v) is 2.86. The number of nitrogens with zero attached hydrogens (tertiary/aromatic N) is 1. The fraction of sp³-hybridized carbons (Fsp3) is 0.900. The van der Waals surface area contributed by atoms with Crippen LogP contribution in [0, 0.1) is 0 Å². The molecular formula is C10H18N2O. The Bertz CT molecular complexity index is 215. The van der Waals surface area contributed by atoms with Gasteiger partial charge in [-0.3, -0.25) is 0 Å². The van der Waals surface area contributed by atoms with Gasteiger partial charge in [0.1, 0.15) is 6.10 Å². The first-order valence-electron chi connectivity index (χ1n) is 5.28. The summed E-state index contributed by atoms with van der Waals surface area (Å²) in [7, 11) is 0. The molecule has 0 saturated heterocycles. The zero-order valence-corrected chi connectivity index (χ0v) is 8.20. The molecule has 1 saturated carbocycles. The molecule has 3 heteroatoms. The highest BCUT2D eigenvalue weighted by Crippen LogP contribution is 2.28. The van der Waals surface area contributed by atoms with E-state index in [9.17, 15) is 0 Å². The lowest BCUT2D eigenvalue weighted by molar-refractivity contribution is 0.141. The number of hydrogen-bond acceptors (Lipinski definition) is 3. The average Bonchev–Trinajstić information content (AvgIpc) is 2.46. The van der Waals surface area contributed by atoms with Crippen molar-refractivity contribution in [1.29, 1.82) is 0 Å². The SMILES string of the molecule is CCCC1=NC2CC(N)CCC2O1. The van der Waals surface area contributed by atoms with Crippen molar-refractivity contribution in [2.45, 2.75) is 57.2 Å². The highest BCUT2D eigenvalue weighted by molar-refractivity contribution is 5.78. The predicted molar refractivity (Wildman–Crippen MR) is 52.8 cm³/mol. The average molecular weight is 182 g/mol. The van der Waals surface area contributed by atoms with Gasteiger partial charge in [0.2, 0.25) is 0 Å². The molecule has 2 N–H and O–H groups in total. The van der Waals surface area contributed by atoms with Gasteiger partial charge in [-0.1, -0.05) is 6.92 Å². The third-order valence-electron chi connectivity index (χ3n) is 2.86. The summed E-state index contributed by atoms with van der Waals surface area (Å²) in [5, 5.41) is 0. The molecule has 1 aliphatic carbocycles. The van der Waals surface area contributed by atoms with Crippen LogP contribution in [0.4, 0.5) is 0 Å². The van der Waals surface area contributed by atoms with Gasteiger partial charge in [-0.05, 0) is 25.7 Å². The van der Waals surface area contributed by atoms with Gasteiger partial charge in [-0.15, -0.1) is 0 Å². The Morgan fingerprint density at radius 3 is 3.15 bits per heavy atom. The van der Waals surface area contributed by atoms with Crippen LogP contribution < -0.4 is 5.73 Å². The zero-order valence-electron chi connectivity index (χ0n) is 8.20. The fourth-order valence-electron chi connectivity index (χ4n) is 2.15. The summed E-state index contributed by atoms with van der Waals surface area (Å²) >= 11 is 0. The topological polar surface area (TPSA) is 47.6 Å². The van der Waals surface area contributed by atoms with Crippen molar-refractivity contribution < 1.29 is 4.74 Å². The van der Waals surface area contributed by atoms with Crippen LogP contribution in [0.15, 0.2) is 4.99 Å². The van der Waals surface area contributed by atoms with E-state index >= 15 is 0 Å². The van der Waals surface area contributed by atoms with Crippen LogP contribution in [-0.4, -0.2) is 24.1 Å². The standard InChI is InChI=1S/C10H18N2O/c1-2-3-10-12-8-6-7(11)4-5-9(8)13-10/h7-9H,2-6,11H2,1H3. The molecule has 2 rings (SSSR count). The zero-order chi connectivity index (χ0) is 9.26. The number of fused-ring (bicyclic) bond motifs is 1. The molecule has 1 heterocycles. The minimum atomic E-state index is 0.342. The minimum Gasteiger partial charge on any atom is -0.475 e. The minimum absolute atomic E-state index is 0.342. The molecule has 3 atom stereocenters. The summed E-state index contributed by atoms with van der Waals surface area (Å²) in [6.45, 7) is 2.15. The van der Waals surface area contributed by atoms with E-state index in [-0.39, 0.29) is 0 Å². The Kier molecular flexibility index (Phi) is 2.54. The molecule has 2 aliphatic rings. The Morgan fingerprint density at radius 1 is 1.54 bits per heavy atom. The van der Waals surface area contributed by atoms with Gasteiger partial charge in [0.25, 0.3) is 0 Å². The number of rotatable bonds is 2. The second kappa shape index (κ2) is 3.66. The highest BCUT2D eigenvalue weighted by atomic mass is 16.5. The predicted octanol–water partition coefficient (Wildman–Crippen LogP) is 1.46. The lowest BCUT2D eigenvalue weighted by Gasteiger charge is -2.26. The number of ether oxygens (including phenoxy) is 1. The smallest absolute Gasteiger partial charge is 0.183 e. The molecule has 0 aromatic heterocycles. The van der Waals surface area contributed by atoms with Crippen molar-refractivity contribution in [3.05, 3.63) is 0 Å². The first-order chi connectivity index (χ1) is 6.29. The van der Waals surface area contributed by atoms with Crippen molar-refractivity contribution >= 4 is 5.90 Å². The van der Waals surface area contributed by atoms with E-state index in [4.69, 9.17) is 10.5 Å². The maximum absolute atomic E-state index is 5.89. The largest absolute Gasteiger partial charge is 0.475 e. The van der Waals surface area contributed by atoms with Crippen LogP contribution in [0.1, 0.15) is 39.0 Å². The Balaban J connectivity index is 1.96. The summed E-state index contributed by atoms with van der Waals surface area (Å²) in [6, 6.07) is 0.708. The lowest BCUT2D eigenvalue weighted by atomic mass is 9.90. The van der Waals surface area contributed by atoms with Crippen molar-refractivity contribution in [1.82, 2.24) is 0 Å². The summed E-state index contributed by atoms with van der Waals surface area (Å²) in [4.78, 5) is 4.56. The van der Waals surface area contributed by atoms with Crippen molar-refractivity contribution in [2.75, 3.05) is 0 Å². The van der Waals surface area contributed by atoms with Crippen LogP contribution in [0.3, 0.4) is 0 Å². The van der Waals surface area contributed by atoms with Crippen LogP contribution in [0.2, 0.25) is 0 Å². The van der Waals surface area contributed by atoms with Crippen LogP contribution in [0.25, 0.3) is 0 Å². The molecule has 0 aromatic carbocycles. The molecule has 0 aromatic rings. The Labute approximate surface area is 79.4 Å². The van der Waals surface area contributed by atoms with E-state index < -0.39 is 0 Å². The maximum Gasteiger partial charge on any atom is 0.183 e. The van der Waals surface area contributed by atoms with Crippen molar-refractivity contribution in [3.8, 4) is 0 Å². The molecule has 3 nitrogen and oxygen atoms in total. The van der Waals surface area contributed by atoms with Gasteiger partial charge in [-0.2, -0.15) is 0 Å². The van der Waals surface area contributed by atoms with Crippen LogP contribution in [0.5, 0.6) is 0 Å². The molecule has 0 radical (unpaired) electrons. The Morgan fingerprint density at radius 2 is 2.38 bits per heavy atom. The molecule has 13 heavy (non-hydrogen) atoms.